The Morgan fingerprint density at radius 2 is 1.79 bits per heavy atom. The molecule has 4 aliphatic rings. The highest BCUT2D eigenvalue weighted by Gasteiger charge is 2.51. The highest BCUT2D eigenvalue weighted by atomic mass is 16.5. The first-order valence-electron chi connectivity index (χ1n) is 10.5. The van der Waals surface area contributed by atoms with Crippen LogP contribution in [0, 0.1) is 31.6 Å². The Labute approximate surface area is 166 Å². The number of aromatic nitrogens is 2. The number of methoxy groups -OCH3 is 1. The second-order valence-corrected chi connectivity index (χ2v) is 9.28. The fourth-order valence-electron chi connectivity index (χ4n) is 6.55. The standard InChI is InChI=1S/C23H29N3O2/c1-14-21(24-15(2)26(14)19-5-4-6-20(10-19)28-3)22(27)25-23-11-16-7-17(12-23)9-18(8-16)13-23/h4-6,10,16-18H,7-9,11-13H2,1-3H3,(H,25,27). The summed E-state index contributed by atoms with van der Waals surface area (Å²) in [7, 11) is 1.66. The van der Waals surface area contributed by atoms with Gasteiger partial charge >= 0.3 is 0 Å². The van der Waals surface area contributed by atoms with E-state index in [2.05, 4.69) is 10.3 Å². The zero-order valence-corrected chi connectivity index (χ0v) is 17.0. The van der Waals surface area contributed by atoms with Gasteiger partial charge in [-0.3, -0.25) is 4.79 Å². The number of hydrogen-bond acceptors (Lipinski definition) is 3. The summed E-state index contributed by atoms with van der Waals surface area (Å²) in [5.41, 5.74) is 2.41. The molecule has 4 saturated carbocycles. The largest absolute Gasteiger partial charge is 0.497 e. The van der Waals surface area contributed by atoms with Crippen LogP contribution in [-0.2, 0) is 0 Å². The van der Waals surface area contributed by atoms with Crippen LogP contribution >= 0.6 is 0 Å². The molecule has 1 aromatic carbocycles. The Hall–Kier alpha value is -2.30. The normalized spacial score (nSPS) is 30.5. The Balaban J connectivity index is 1.43. The van der Waals surface area contributed by atoms with Gasteiger partial charge in [0, 0.05) is 11.6 Å². The number of aryl methyl sites for hydroxylation is 1. The second kappa shape index (κ2) is 6.36. The molecular formula is C23H29N3O2. The fraction of sp³-hybridized carbons (Fsp3) is 0.565. The van der Waals surface area contributed by atoms with Crippen molar-refractivity contribution in [1.29, 1.82) is 0 Å². The molecule has 1 heterocycles. The number of ether oxygens (including phenoxy) is 1. The van der Waals surface area contributed by atoms with Crippen molar-refractivity contribution in [3.8, 4) is 11.4 Å². The van der Waals surface area contributed by atoms with E-state index in [1.165, 1.54) is 19.3 Å². The van der Waals surface area contributed by atoms with Crippen molar-refractivity contribution in [3.05, 3.63) is 41.5 Å². The topological polar surface area (TPSA) is 56.2 Å². The van der Waals surface area contributed by atoms with Crippen molar-refractivity contribution >= 4 is 5.91 Å². The molecule has 1 aromatic heterocycles. The summed E-state index contributed by atoms with van der Waals surface area (Å²) in [5.74, 6) is 4.03. The van der Waals surface area contributed by atoms with Gasteiger partial charge in [0.1, 0.15) is 17.3 Å². The summed E-state index contributed by atoms with van der Waals surface area (Å²) in [4.78, 5) is 17.9. The number of hydrogen-bond donors (Lipinski definition) is 1. The van der Waals surface area contributed by atoms with Crippen LogP contribution in [0.5, 0.6) is 5.75 Å². The maximum atomic E-state index is 13.3. The molecule has 28 heavy (non-hydrogen) atoms. The summed E-state index contributed by atoms with van der Waals surface area (Å²) in [6.45, 7) is 3.93. The van der Waals surface area contributed by atoms with Crippen LogP contribution in [0.1, 0.15) is 60.5 Å². The van der Waals surface area contributed by atoms with E-state index in [4.69, 9.17) is 4.74 Å². The summed E-state index contributed by atoms with van der Waals surface area (Å²) in [6.07, 6.45) is 7.57. The summed E-state index contributed by atoms with van der Waals surface area (Å²) >= 11 is 0. The molecule has 0 saturated heterocycles. The molecule has 1 N–H and O–H groups in total. The van der Waals surface area contributed by atoms with Crippen LogP contribution in [0.2, 0.25) is 0 Å². The van der Waals surface area contributed by atoms with E-state index in [0.717, 1.165) is 60.0 Å². The predicted molar refractivity (Wildman–Crippen MR) is 108 cm³/mol. The molecule has 5 heteroatoms. The van der Waals surface area contributed by atoms with Crippen molar-refractivity contribution in [1.82, 2.24) is 14.9 Å². The highest BCUT2D eigenvalue weighted by Crippen LogP contribution is 2.55. The highest BCUT2D eigenvalue weighted by molar-refractivity contribution is 5.94. The molecule has 148 valence electrons. The van der Waals surface area contributed by atoms with Gasteiger partial charge in [0.2, 0.25) is 0 Å². The number of benzene rings is 1. The van der Waals surface area contributed by atoms with E-state index in [0.29, 0.717) is 5.69 Å². The molecule has 5 nitrogen and oxygen atoms in total. The molecule has 0 spiro atoms. The van der Waals surface area contributed by atoms with Crippen LogP contribution in [0.4, 0.5) is 0 Å². The Bertz CT molecular complexity index is 895. The van der Waals surface area contributed by atoms with E-state index in [9.17, 15) is 4.79 Å². The van der Waals surface area contributed by atoms with Crippen LogP contribution in [0.25, 0.3) is 5.69 Å². The van der Waals surface area contributed by atoms with E-state index in [1.807, 2.05) is 42.7 Å². The summed E-state index contributed by atoms with van der Waals surface area (Å²) < 4.78 is 7.40. The molecule has 0 aliphatic heterocycles. The summed E-state index contributed by atoms with van der Waals surface area (Å²) in [6, 6.07) is 7.88. The Kier molecular flexibility index (Phi) is 4.04. The van der Waals surface area contributed by atoms with E-state index >= 15 is 0 Å². The fourth-order valence-corrected chi connectivity index (χ4v) is 6.55. The Morgan fingerprint density at radius 1 is 1.14 bits per heavy atom. The molecular weight excluding hydrogens is 350 g/mol. The first-order valence-corrected chi connectivity index (χ1v) is 10.5. The number of amides is 1. The third kappa shape index (κ3) is 2.83. The van der Waals surface area contributed by atoms with E-state index in [-0.39, 0.29) is 11.4 Å². The van der Waals surface area contributed by atoms with Gasteiger partial charge in [-0.25, -0.2) is 4.98 Å². The lowest BCUT2D eigenvalue weighted by molar-refractivity contribution is -0.0167. The first kappa shape index (κ1) is 17.8. The van der Waals surface area contributed by atoms with Gasteiger partial charge in [-0.05, 0) is 82.3 Å². The zero-order valence-electron chi connectivity index (χ0n) is 17.0. The van der Waals surface area contributed by atoms with Crippen molar-refractivity contribution in [2.75, 3.05) is 7.11 Å². The molecule has 2 aromatic rings. The molecule has 4 fully saturated rings. The monoisotopic (exact) mass is 379 g/mol. The van der Waals surface area contributed by atoms with Crippen LogP contribution < -0.4 is 10.1 Å². The molecule has 4 bridgehead atoms. The molecule has 0 unspecified atom stereocenters. The molecule has 0 radical (unpaired) electrons. The maximum absolute atomic E-state index is 13.3. The zero-order chi connectivity index (χ0) is 19.5. The van der Waals surface area contributed by atoms with Crippen molar-refractivity contribution in [3.63, 3.8) is 0 Å². The van der Waals surface area contributed by atoms with Gasteiger partial charge < -0.3 is 14.6 Å². The van der Waals surface area contributed by atoms with Gasteiger partial charge in [0.05, 0.1) is 18.5 Å². The third-order valence-corrected chi connectivity index (χ3v) is 7.22. The van der Waals surface area contributed by atoms with Gasteiger partial charge in [-0.1, -0.05) is 6.07 Å². The lowest BCUT2D eigenvalue weighted by Crippen LogP contribution is -2.59. The SMILES string of the molecule is COc1cccc(-n2c(C)nc(C(=O)NC34CC5CC(CC(C5)C3)C4)c2C)c1. The minimum absolute atomic E-state index is 0.00588. The van der Waals surface area contributed by atoms with Crippen molar-refractivity contribution < 1.29 is 9.53 Å². The minimum atomic E-state index is -0.0100. The van der Waals surface area contributed by atoms with Crippen molar-refractivity contribution in [2.45, 2.75) is 57.9 Å². The number of imidazole rings is 1. The average molecular weight is 380 g/mol. The lowest BCUT2D eigenvalue weighted by Gasteiger charge is -2.56. The van der Waals surface area contributed by atoms with E-state index < -0.39 is 0 Å². The van der Waals surface area contributed by atoms with Crippen molar-refractivity contribution in [2.24, 2.45) is 17.8 Å². The maximum Gasteiger partial charge on any atom is 0.272 e. The van der Waals surface area contributed by atoms with Gasteiger partial charge in [-0.15, -0.1) is 0 Å². The number of carbonyl (C=O) groups excluding carboxylic acids is 1. The second-order valence-electron chi connectivity index (χ2n) is 9.28. The van der Waals surface area contributed by atoms with E-state index in [1.54, 1.807) is 7.11 Å². The number of nitrogens with zero attached hydrogens (tertiary/aromatic N) is 2. The number of carbonyl (C=O) groups is 1. The van der Waals surface area contributed by atoms with Gasteiger partial charge in [-0.2, -0.15) is 0 Å². The predicted octanol–water partition coefficient (Wildman–Crippen LogP) is 4.20. The third-order valence-electron chi connectivity index (χ3n) is 7.22. The smallest absolute Gasteiger partial charge is 0.272 e. The first-order chi connectivity index (χ1) is 13.5. The molecule has 0 atom stereocenters. The molecule has 1 amide bonds. The number of rotatable bonds is 4. The minimum Gasteiger partial charge on any atom is -0.497 e. The average Bonchev–Trinajstić information content (AvgIpc) is 2.94. The Morgan fingerprint density at radius 3 is 2.39 bits per heavy atom. The quantitative estimate of drug-likeness (QED) is 0.866. The van der Waals surface area contributed by atoms with Crippen LogP contribution in [0.3, 0.4) is 0 Å². The van der Waals surface area contributed by atoms with Crippen LogP contribution in [0.15, 0.2) is 24.3 Å². The molecule has 4 aliphatic carbocycles. The number of nitrogens with one attached hydrogen (secondary N) is 1. The van der Waals surface area contributed by atoms with Gasteiger partial charge in [0.15, 0.2) is 0 Å². The van der Waals surface area contributed by atoms with Crippen LogP contribution in [-0.4, -0.2) is 28.1 Å². The summed E-state index contributed by atoms with van der Waals surface area (Å²) in [5, 5.41) is 3.46. The van der Waals surface area contributed by atoms with Gasteiger partial charge in [0.25, 0.3) is 5.91 Å². The molecule has 6 rings (SSSR count). The lowest BCUT2D eigenvalue weighted by atomic mass is 9.53.